The van der Waals surface area contributed by atoms with Crippen LogP contribution in [-0.4, -0.2) is 22.4 Å². The molecule has 0 aromatic heterocycles. The molecule has 11 heavy (non-hydrogen) atoms. The van der Waals surface area contributed by atoms with Gasteiger partial charge in [0.25, 0.3) is 0 Å². The molecule has 0 aliphatic heterocycles. The Hall–Kier alpha value is -0.340. The minimum Gasteiger partial charge on any atom is -0.392 e. The SMILES string of the molecule is CCC(O)(CC)C/C=C/CO. The van der Waals surface area contributed by atoms with E-state index >= 15 is 0 Å². The quantitative estimate of drug-likeness (QED) is 0.595. The number of hydrogen-bond acceptors (Lipinski definition) is 2. The third kappa shape index (κ3) is 4.17. The van der Waals surface area contributed by atoms with Gasteiger partial charge in [0, 0.05) is 0 Å². The van der Waals surface area contributed by atoms with E-state index in [0.717, 1.165) is 12.8 Å². The maximum absolute atomic E-state index is 9.72. The Bertz CT molecular complexity index is 115. The van der Waals surface area contributed by atoms with E-state index in [1.54, 1.807) is 6.08 Å². The van der Waals surface area contributed by atoms with Crippen LogP contribution in [0.2, 0.25) is 0 Å². The van der Waals surface area contributed by atoms with Gasteiger partial charge in [0.05, 0.1) is 12.2 Å². The summed E-state index contributed by atoms with van der Waals surface area (Å²) in [5, 5.41) is 18.2. The molecule has 0 fully saturated rings. The first kappa shape index (κ1) is 10.7. The van der Waals surface area contributed by atoms with Crippen LogP contribution in [0, 0.1) is 0 Å². The molecule has 0 aromatic rings. The zero-order chi connectivity index (χ0) is 8.74. The van der Waals surface area contributed by atoms with Gasteiger partial charge in [-0.2, -0.15) is 0 Å². The van der Waals surface area contributed by atoms with Crippen LogP contribution in [0.4, 0.5) is 0 Å². The Morgan fingerprint density at radius 1 is 1.18 bits per heavy atom. The van der Waals surface area contributed by atoms with E-state index in [0.29, 0.717) is 6.42 Å². The van der Waals surface area contributed by atoms with Crippen molar-refractivity contribution in [1.82, 2.24) is 0 Å². The normalized spacial score (nSPS) is 12.7. The van der Waals surface area contributed by atoms with Crippen LogP contribution in [0.1, 0.15) is 33.1 Å². The first-order chi connectivity index (χ1) is 5.18. The third-order valence-electron chi connectivity index (χ3n) is 2.09. The van der Waals surface area contributed by atoms with E-state index in [-0.39, 0.29) is 6.61 Å². The van der Waals surface area contributed by atoms with Crippen LogP contribution in [0.25, 0.3) is 0 Å². The molecule has 66 valence electrons. The Labute approximate surface area is 68.6 Å². The van der Waals surface area contributed by atoms with Crippen LogP contribution < -0.4 is 0 Å². The molecule has 0 spiro atoms. The molecule has 0 saturated heterocycles. The summed E-state index contributed by atoms with van der Waals surface area (Å²) in [6, 6.07) is 0. The first-order valence-electron chi connectivity index (χ1n) is 4.16. The molecule has 0 radical (unpaired) electrons. The number of aliphatic hydroxyl groups is 2. The van der Waals surface area contributed by atoms with Crippen LogP contribution in [-0.2, 0) is 0 Å². The Morgan fingerprint density at radius 2 is 1.73 bits per heavy atom. The molecule has 2 N–H and O–H groups in total. The lowest BCUT2D eigenvalue weighted by Gasteiger charge is -2.22. The largest absolute Gasteiger partial charge is 0.392 e. The number of hydrogen-bond donors (Lipinski definition) is 2. The summed E-state index contributed by atoms with van der Waals surface area (Å²) in [4.78, 5) is 0. The second-order valence-electron chi connectivity index (χ2n) is 2.79. The number of aliphatic hydroxyl groups excluding tert-OH is 1. The Kier molecular flexibility index (Phi) is 5.16. The lowest BCUT2D eigenvalue weighted by atomic mass is 9.93. The fraction of sp³-hybridized carbons (Fsp3) is 0.778. The second kappa shape index (κ2) is 5.33. The van der Waals surface area contributed by atoms with Crippen molar-refractivity contribution in [2.45, 2.75) is 38.7 Å². The predicted octanol–water partition coefficient (Wildman–Crippen LogP) is 1.48. The molecular formula is C9H18O2. The van der Waals surface area contributed by atoms with Gasteiger partial charge in [-0.25, -0.2) is 0 Å². The first-order valence-corrected chi connectivity index (χ1v) is 4.16. The zero-order valence-corrected chi connectivity index (χ0v) is 7.38. The smallest absolute Gasteiger partial charge is 0.0676 e. The van der Waals surface area contributed by atoms with Crippen molar-refractivity contribution in [3.8, 4) is 0 Å². The van der Waals surface area contributed by atoms with Gasteiger partial charge in [-0.3, -0.25) is 0 Å². The lowest BCUT2D eigenvalue weighted by Crippen LogP contribution is -2.25. The van der Waals surface area contributed by atoms with Crippen molar-refractivity contribution in [3.63, 3.8) is 0 Å². The molecule has 0 bridgehead atoms. The molecule has 0 unspecified atom stereocenters. The average molecular weight is 158 g/mol. The molecule has 0 rings (SSSR count). The van der Waals surface area contributed by atoms with Crippen molar-refractivity contribution < 1.29 is 10.2 Å². The molecule has 2 heteroatoms. The minimum absolute atomic E-state index is 0.0590. The summed E-state index contributed by atoms with van der Waals surface area (Å²) in [5.74, 6) is 0. The fourth-order valence-electron chi connectivity index (χ4n) is 0.916. The van der Waals surface area contributed by atoms with Gasteiger partial charge in [-0.15, -0.1) is 0 Å². The molecule has 0 aliphatic rings. The summed E-state index contributed by atoms with van der Waals surface area (Å²) < 4.78 is 0. The van der Waals surface area contributed by atoms with Gasteiger partial charge in [-0.1, -0.05) is 26.0 Å². The van der Waals surface area contributed by atoms with Crippen molar-refractivity contribution in [2.24, 2.45) is 0 Å². The van der Waals surface area contributed by atoms with Crippen molar-refractivity contribution in [2.75, 3.05) is 6.61 Å². The highest BCUT2D eigenvalue weighted by Crippen LogP contribution is 2.19. The van der Waals surface area contributed by atoms with E-state index in [2.05, 4.69) is 0 Å². The molecule has 0 aromatic carbocycles. The van der Waals surface area contributed by atoms with E-state index in [1.165, 1.54) is 0 Å². The third-order valence-corrected chi connectivity index (χ3v) is 2.09. The fourth-order valence-corrected chi connectivity index (χ4v) is 0.916. The summed E-state index contributed by atoms with van der Waals surface area (Å²) in [5.41, 5.74) is -0.564. The van der Waals surface area contributed by atoms with Crippen molar-refractivity contribution in [1.29, 1.82) is 0 Å². The van der Waals surface area contributed by atoms with Gasteiger partial charge < -0.3 is 10.2 Å². The maximum Gasteiger partial charge on any atom is 0.0676 e. The van der Waals surface area contributed by atoms with Gasteiger partial charge in [0.15, 0.2) is 0 Å². The molecule has 0 aliphatic carbocycles. The van der Waals surface area contributed by atoms with Crippen LogP contribution in [0.5, 0.6) is 0 Å². The lowest BCUT2D eigenvalue weighted by molar-refractivity contribution is 0.0352. The van der Waals surface area contributed by atoms with Crippen LogP contribution >= 0.6 is 0 Å². The van der Waals surface area contributed by atoms with Gasteiger partial charge in [0.2, 0.25) is 0 Å². The predicted molar refractivity (Wildman–Crippen MR) is 46.4 cm³/mol. The van der Waals surface area contributed by atoms with E-state index in [1.807, 2.05) is 19.9 Å². The van der Waals surface area contributed by atoms with Crippen LogP contribution in [0.3, 0.4) is 0 Å². The van der Waals surface area contributed by atoms with Crippen LogP contribution in [0.15, 0.2) is 12.2 Å². The highest BCUT2D eigenvalue weighted by molar-refractivity contribution is 4.89. The van der Waals surface area contributed by atoms with E-state index in [9.17, 15) is 5.11 Å². The molecule has 0 saturated carbocycles. The van der Waals surface area contributed by atoms with Gasteiger partial charge >= 0.3 is 0 Å². The van der Waals surface area contributed by atoms with E-state index < -0.39 is 5.60 Å². The molecule has 0 heterocycles. The summed E-state index contributed by atoms with van der Waals surface area (Å²) >= 11 is 0. The topological polar surface area (TPSA) is 40.5 Å². The minimum atomic E-state index is -0.564. The van der Waals surface area contributed by atoms with Crippen molar-refractivity contribution >= 4 is 0 Å². The molecular weight excluding hydrogens is 140 g/mol. The summed E-state index contributed by atoms with van der Waals surface area (Å²) in [6.45, 7) is 4.00. The Morgan fingerprint density at radius 3 is 2.09 bits per heavy atom. The second-order valence-corrected chi connectivity index (χ2v) is 2.79. The highest BCUT2D eigenvalue weighted by atomic mass is 16.3. The highest BCUT2D eigenvalue weighted by Gasteiger charge is 2.19. The summed E-state index contributed by atoms with van der Waals surface area (Å²) in [7, 11) is 0. The van der Waals surface area contributed by atoms with Gasteiger partial charge in [0.1, 0.15) is 0 Å². The van der Waals surface area contributed by atoms with Crippen molar-refractivity contribution in [3.05, 3.63) is 12.2 Å². The van der Waals surface area contributed by atoms with Gasteiger partial charge in [-0.05, 0) is 19.3 Å². The number of rotatable bonds is 5. The molecule has 2 nitrogen and oxygen atoms in total. The van der Waals surface area contributed by atoms with E-state index in [4.69, 9.17) is 5.11 Å². The maximum atomic E-state index is 9.72. The average Bonchev–Trinajstić information content (AvgIpc) is 2.05. The summed E-state index contributed by atoms with van der Waals surface area (Å²) in [6.07, 6.45) is 5.66. The zero-order valence-electron chi connectivity index (χ0n) is 7.38. The Balaban J connectivity index is 3.77. The standard InChI is InChI=1S/C9H18O2/c1-3-9(11,4-2)7-5-6-8-10/h5-6,10-11H,3-4,7-8H2,1-2H3/b6-5+. The molecule has 0 atom stereocenters. The monoisotopic (exact) mass is 158 g/mol. The molecule has 0 amide bonds.